The van der Waals surface area contributed by atoms with Gasteiger partial charge in [-0.15, -0.1) is 0 Å². The second-order valence-electron chi connectivity index (χ2n) is 8.20. The van der Waals surface area contributed by atoms with Crippen molar-refractivity contribution in [1.29, 1.82) is 0 Å². The molecule has 0 bridgehead atoms. The topological polar surface area (TPSA) is 84.9 Å². The zero-order chi connectivity index (χ0) is 25.4. The third kappa shape index (κ3) is 6.76. The first kappa shape index (κ1) is 26.1. The minimum Gasteiger partial charge on any atom is -0.495 e. The van der Waals surface area contributed by atoms with Gasteiger partial charge in [0.1, 0.15) is 24.7 Å². The molecule has 0 aliphatic heterocycles. The van der Waals surface area contributed by atoms with E-state index in [0.717, 1.165) is 21.9 Å². The average Bonchev–Trinajstić information content (AvgIpc) is 2.85. The van der Waals surface area contributed by atoms with Crippen LogP contribution in [0.1, 0.15) is 23.6 Å². The highest BCUT2D eigenvalue weighted by Crippen LogP contribution is 2.33. The van der Waals surface area contributed by atoms with Crippen molar-refractivity contribution in [2.75, 3.05) is 31.1 Å². The van der Waals surface area contributed by atoms with E-state index >= 15 is 0 Å². The molecule has 8 heteroatoms. The lowest BCUT2D eigenvalue weighted by Crippen LogP contribution is -2.42. The van der Waals surface area contributed by atoms with E-state index in [1.807, 2.05) is 44.2 Å². The number of anilines is 1. The third-order valence-corrected chi connectivity index (χ3v) is 7.30. The number of hydrogen-bond donors (Lipinski definition) is 1. The second-order valence-corrected chi connectivity index (χ2v) is 10.1. The Hall–Kier alpha value is -3.52. The zero-order valence-electron chi connectivity index (χ0n) is 20.6. The van der Waals surface area contributed by atoms with Crippen molar-refractivity contribution >= 4 is 21.6 Å². The number of sulfonamides is 1. The maximum Gasteiger partial charge on any atom is 0.264 e. The lowest BCUT2D eigenvalue weighted by atomic mass is 10.2. The van der Waals surface area contributed by atoms with Gasteiger partial charge in [0, 0.05) is 0 Å². The fourth-order valence-electron chi connectivity index (χ4n) is 3.50. The molecule has 0 unspecified atom stereocenters. The summed E-state index contributed by atoms with van der Waals surface area (Å²) in [7, 11) is -2.57. The predicted molar refractivity (Wildman–Crippen MR) is 138 cm³/mol. The van der Waals surface area contributed by atoms with Crippen LogP contribution in [-0.2, 0) is 21.2 Å². The SMILES string of the molecule is CCc1ccc(OCCNC(=O)CN(c2cc(C)ccc2OC)S(=O)(=O)c2ccc(C)cc2)cc1. The normalized spacial score (nSPS) is 11.1. The van der Waals surface area contributed by atoms with Crippen LogP contribution in [0.5, 0.6) is 11.5 Å². The molecular formula is C27H32N2O5S. The van der Waals surface area contributed by atoms with E-state index in [-0.39, 0.29) is 18.0 Å². The van der Waals surface area contributed by atoms with Gasteiger partial charge in [0.05, 0.1) is 24.2 Å². The molecule has 35 heavy (non-hydrogen) atoms. The number of methoxy groups -OCH3 is 1. The quantitative estimate of drug-likeness (QED) is 0.401. The molecule has 0 atom stereocenters. The van der Waals surface area contributed by atoms with Crippen LogP contribution >= 0.6 is 0 Å². The van der Waals surface area contributed by atoms with Crippen molar-refractivity contribution in [3.63, 3.8) is 0 Å². The summed E-state index contributed by atoms with van der Waals surface area (Å²) in [5.41, 5.74) is 3.29. The minimum absolute atomic E-state index is 0.0957. The van der Waals surface area contributed by atoms with Gasteiger partial charge >= 0.3 is 0 Å². The van der Waals surface area contributed by atoms with Gasteiger partial charge in [-0.3, -0.25) is 9.10 Å². The van der Waals surface area contributed by atoms with Crippen LogP contribution in [0, 0.1) is 13.8 Å². The van der Waals surface area contributed by atoms with Crippen LogP contribution in [0.2, 0.25) is 0 Å². The van der Waals surface area contributed by atoms with Gasteiger partial charge in [-0.1, -0.05) is 42.8 Å². The fourth-order valence-corrected chi connectivity index (χ4v) is 4.92. The summed E-state index contributed by atoms with van der Waals surface area (Å²) >= 11 is 0. The molecule has 0 aromatic heterocycles. The van der Waals surface area contributed by atoms with Crippen molar-refractivity contribution in [3.8, 4) is 11.5 Å². The Morgan fingerprint density at radius 1 is 0.943 bits per heavy atom. The molecule has 186 valence electrons. The molecule has 0 radical (unpaired) electrons. The monoisotopic (exact) mass is 496 g/mol. The Morgan fingerprint density at radius 2 is 1.60 bits per heavy atom. The number of carbonyl (C=O) groups is 1. The summed E-state index contributed by atoms with van der Waals surface area (Å²) in [6.07, 6.45) is 0.948. The van der Waals surface area contributed by atoms with Crippen LogP contribution in [0.15, 0.2) is 71.6 Å². The average molecular weight is 497 g/mol. The van der Waals surface area contributed by atoms with E-state index in [4.69, 9.17) is 9.47 Å². The zero-order valence-corrected chi connectivity index (χ0v) is 21.4. The molecule has 3 aromatic rings. The number of aryl methyl sites for hydroxylation is 3. The second kappa shape index (κ2) is 11.8. The fraction of sp³-hybridized carbons (Fsp3) is 0.296. The maximum absolute atomic E-state index is 13.6. The number of amides is 1. The van der Waals surface area contributed by atoms with Gasteiger partial charge in [-0.05, 0) is 67.8 Å². The molecule has 1 N–H and O–H groups in total. The van der Waals surface area contributed by atoms with Gasteiger partial charge in [0.2, 0.25) is 5.91 Å². The molecule has 0 saturated carbocycles. The van der Waals surface area contributed by atoms with Crippen LogP contribution in [-0.4, -0.2) is 41.1 Å². The lowest BCUT2D eigenvalue weighted by molar-refractivity contribution is -0.119. The van der Waals surface area contributed by atoms with Crippen molar-refractivity contribution in [2.45, 2.75) is 32.1 Å². The molecule has 0 spiro atoms. The van der Waals surface area contributed by atoms with Crippen LogP contribution in [0.25, 0.3) is 0 Å². The number of benzene rings is 3. The number of nitrogens with one attached hydrogen (secondary N) is 1. The predicted octanol–water partition coefficient (Wildman–Crippen LogP) is 4.26. The summed E-state index contributed by atoms with van der Waals surface area (Å²) in [6.45, 7) is 5.91. The van der Waals surface area contributed by atoms with Crippen LogP contribution in [0.4, 0.5) is 5.69 Å². The highest BCUT2D eigenvalue weighted by atomic mass is 32.2. The van der Waals surface area contributed by atoms with E-state index in [0.29, 0.717) is 17.2 Å². The Morgan fingerprint density at radius 3 is 2.23 bits per heavy atom. The van der Waals surface area contributed by atoms with Gasteiger partial charge in [-0.25, -0.2) is 8.42 Å². The molecular weight excluding hydrogens is 464 g/mol. The van der Waals surface area contributed by atoms with Gasteiger partial charge in [-0.2, -0.15) is 0 Å². The smallest absolute Gasteiger partial charge is 0.264 e. The van der Waals surface area contributed by atoms with E-state index in [1.165, 1.54) is 24.8 Å². The molecule has 0 fully saturated rings. The van der Waals surface area contributed by atoms with Gasteiger partial charge in [0.15, 0.2) is 0 Å². The standard InChI is InChI=1S/C27H32N2O5S/c1-5-22-9-11-23(12-10-22)34-17-16-28-27(30)19-29(25-18-21(3)8-15-26(25)33-4)35(31,32)24-13-6-20(2)7-14-24/h6-15,18H,5,16-17,19H2,1-4H3,(H,28,30). The maximum atomic E-state index is 13.6. The Bertz CT molecular complexity index is 1240. The molecule has 0 heterocycles. The molecule has 3 rings (SSSR count). The molecule has 1 amide bonds. The number of hydrogen-bond acceptors (Lipinski definition) is 5. The molecule has 0 aliphatic rings. The first-order chi connectivity index (χ1) is 16.7. The van der Waals surface area contributed by atoms with E-state index in [1.54, 1.807) is 24.3 Å². The highest BCUT2D eigenvalue weighted by Gasteiger charge is 2.29. The first-order valence-electron chi connectivity index (χ1n) is 11.5. The van der Waals surface area contributed by atoms with Gasteiger partial charge < -0.3 is 14.8 Å². The third-order valence-electron chi connectivity index (χ3n) is 5.52. The molecule has 0 saturated heterocycles. The van der Waals surface area contributed by atoms with Crippen LogP contribution < -0.4 is 19.1 Å². The number of ether oxygens (including phenoxy) is 2. The largest absolute Gasteiger partial charge is 0.495 e. The molecule has 0 aliphatic carbocycles. The summed E-state index contributed by atoms with van der Waals surface area (Å²) < 4.78 is 39.4. The van der Waals surface area contributed by atoms with Crippen molar-refractivity contribution in [1.82, 2.24) is 5.32 Å². The van der Waals surface area contributed by atoms with Gasteiger partial charge in [0.25, 0.3) is 10.0 Å². The summed E-state index contributed by atoms with van der Waals surface area (Å²) in [6, 6.07) is 19.5. The van der Waals surface area contributed by atoms with E-state index in [2.05, 4.69) is 12.2 Å². The van der Waals surface area contributed by atoms with Crippen LogP contribution in [0.3, 0.4) is 0 Å². The number of nitrogens with zero attached hydrogens (tertiary/aromatic N) is 1. The summed E-state index contributed by atoms with van der Waals surface area (Å²) in [5, 5.41) is 2.75. The Balaban J connectivity index is 1.76. The summed E-state index contributed by atoms with van der Waals surface area (Å²) in [4.78, 5) is 12.9. The summed E-state index contributed by atoms with van der Waals surface area (Å²) in [5.74, 6) is 0.622. The van der Waals surface area contributed by atoms with E-state index < -0.39 is 22.5 Å². The van der Waals surface area contributed by atoms with E-state index in [9.17, 15) is 13.2 Å². The van der Waals surface area contributed by atoms with Crippen molar-refractivity contribution in [2.24, 2.45) is 0 Å². The lowest BCUT2D eigenvalue weighted by Gasteiger charge is -2.26. The van der Waals surface area contributed by atoms with Crippen molar-refractivity contribution < 1.29 is 22.7 Å². The Labute approximate surface area is 207 Å². The van der Waals surface area contributed by atoms with Crippen molar-refractivity contribution in [3.05, 3.63) is 83.4 Å². The number of rotatable bonds is 11. The highest BCUT2D eigenvalue weighted by molar-refractivity contribution is 7.92. The molecule has 7 nitrogen and oxygen atoms in total. The number of carbonyl (C=O) groups excluding carboxylic acids is 1. The first-order valence-corrected chi connectivity index (χ1v) is 12.9. The molecule has 3 aromatic carbocycles. The minimum atomic E-state index is -4.03. The Kier molecular flexibility index (Phi) is 8.76.